The summed E-state index contributed by atoms with van der Waals surface area (Å²) in [6, 6.07) is 0. The summed E-state index contributed by atoms with van der Waals surface area (Å²) in [6.45, 7) is 4.83. The molecule has 0 heterocycles. The van der Waals surface area contributed by atoms with Crippen LogP contribution in [0.4, 0.5) is 0 Å². The zero-order valence-corrected chi connectivity index (χ0v) is 9.49. The summed E-state index contributed by atoms with van der Waals surface area (Å²) >= 11 is 3.21. The third-order valence-corrected chi connectivity index (χ3v) is 2.11. The molecule has 0 spiro atoms. The van der Waals surface area contributed by atoms with Crippen molar-refractivity contribution in [3.63, 3.8) is 0 Å². The van der Waals surface area contributed by atoms with E-state index in [1.54, 1.807) is 0 Å². The second kappa shape index (κ2) is 7.59. The topological polar surface area (TPSA) is 29.1 Å². The van der Waals surface area contributed by atoms with E-state index in [0.717, 1.165) is 13.0 Å². The average Bonchev–Trinajstić information content (AvgIpc) is 2.03. The maximum absolute atomic E-state index is 11.0. The van der Waals surface area contributed by atoms with Crippen molar-refractivity contribution < 1.29 is 4.79 Å². The van der Waals surface area contributed by atoms with Gasteiger partial charge in [0, 0.05) is 6.54 Å². The van der Waals surface area contributed by atoms with E-state index in [-0.39, 0.29) is 10.7 Å². The standard InChI is InChI=1S/C9H18BrNO/c1-3-4-5-6-7-11-9(12)8(2)10/h8H,3-7H2,1-2H3,(H,11,12)/t8-/m1/s1. The molecule has 1 atom stereocenters. The first-order valence-electron chi connectivity index (χ1n) is 4.60. The van der Waals surface area contributed by atoms with Crippen molar-refractivity contribution >= 4 is 21.8 Å². The van der Waals surface area contributed by atoms with E-state index in [1.807, 2.05) is 6.92 Å². The summed E-state index contributed by atoms with van der Waals surface area (Å²) in [5.74, 6) is 0.0894. The van der Waals surface area contributed by atoms with Crippen LogP contribution < -0.4 is 5.32 Å². The van der Waals surface area contributed by atoms with Gasteiger partial charge in [0.25, 0.3) is 0 Å². The lowest BCUT2D eigenvalue weighted by molar-refractivity contribution is -0.120. The van der Waals surface area contributed by atoms with Crippen LogP contribution in [0, 0.1) is 0 Å². The third-order valence-electron chi connectivity index (χ3n) is 1.69. The molecular formula is C9H18BrNO. The van der Waals surface area contributed by atoms with Crippen molar-refractivity contribution in [2.24, 2.45) is 0 Å². The Morgan fingerprint density at radius 2 is 2.08 bits per heavy atom. The number of hydrogen-bond donors (Lipinski definition) is 1. The van der Waals surface area contributed by atoms with E-state index in [9.17, 15) is 4.79 Å². The van der Waals surface area contributed by atoms with Crippen molar-refractivity contribution in [1.82, 2.24) is 5.32 Å². The van der Waals surface area contributed by atoms with Gasteiger partial charge < -0.3 is 5.32 Å². The highest BCUT2D eigenvalue weighted by atomic mass is 79.9. The number of nitrogens with one attached hydrogen (secondary N) is 1. The summed E-state index contributed by atoms with van der Waals surface area (Å²) in [7, 11) is 0. The van der Waals surface area contributed by atoms with Gasteiger partial charge in [-0.15, -0.1) is 0 Å². The molecule has 0 saturated heterocycles. The number of amides is 1. The summed E-state index contributed by atoms with van der Waals surface area (Å²) in [4.78, 5) is 11.0. The van der Waals surface area contributed by atoms with Crippen LogP contribution in [-0.2, 0) is 4.79 Å². The largest absolute Gasteiger partial charge is 0.355 e. The van der Waals surface area contributed by atoms with Gasteiger partial charge in [-0.2, -0.15) is 0 Å². The first kappa shape index (κ1) is 11.9. The molecule has 0 unspecified atom stereocenters. The number of rotatable bonds is 6. The highest BCUT2D eigenvalue weighted by Crippen LogP contribution is 1.99. The molecule has 1 N–H and O–H groups in total. The number of halogens is 1. The molecule has 0 rings (SSSR count). The molecule has 72 valence electrons. The monoisotopic (exact) mass is 235 g/mol. The summed E-state index contributed by atoms with van der Waals surface area (Å²) < 4.78 is 0. The van der Waals surface area contributed by atoms with Gasteiger partial charge in [-0.1, -0.05) is 42.1 Å². The molecular weight excluding hydrogens is 218 g/mol. The van der Waals surface area contributed by atoms with Gasteiger partial charge in [-0.05, 0) is 13.3 Å². The number of unbranched alkanes of at least 4 members (excludes halogenated alkanes) is 3. The minimum atomic E-state index is -0.0660. The van der Waals surface area contributed by atoms with Gasteiger partial charge >= 0.3 is 0 Å². The van der Waals surface area contributed by atoms with Gasteiger partial charge in [0.2, 0.25) is 5.91 Å². The molecule has 0 saturated carbocycles. The fourth-order valence-corrected chi connectivity index (χ4v) is 1.07. The third kappa shape index (κ3) is 6.65. The van der Waals surface area contributed by atoms with Crippen molar-refractivity contribution in [2.45, 2.75) is 44.4 Å². The van der Waals surface area contributed by atoms with Crippen LogP contribution in [0.15, 0.2) is 0 Å². The lowest BCUT2D eigenvalue weighted by Crippen LogP contribution is -2.30. The fraction of sp³-hybridized carbons (Fsp3) is 0.889. The van der Waals surface area contributed by atoms with Crippen LogP contribution in [0.3, 0.4) is 0 Å². The smallest absolute Gasteiger partial charge is 0.233 e. The lowest BCUT2D eigenvalue weighted by Gasteiger charge is -2.05. The van der Waals surface area contributed by atoms with E-state index in [1.165, 1.54) is 19.3 Å². The Balaban J connectivity index is 3.14. The molecule has 0 aliphatic carbocycles. The minimum absolute atomic E-state index is 0.0660. The van der Waals surface area contributed by atoms with Crippen LogP contribution in [0.1, 0.15) is 39.5 Å². The highest BCUT2D eigenvalue weighted by Gasteiger charge is 2.05. The molecule has 0 aromatic rings. The van der Waals surface area contributed by atoms with Crippen LogP contribution in [0.5, 0.6) is 0 Å². The molecule has 0 aromatic heterocycles. The normalized spacial score (nSPS) is 12.6. The Hall–Kier alpha value is -0.0500. The molecule has 0 fully saturated rings. The first-order valence-corrected chi connectivity index (χ1v) is 5.51. The lowest BCUT2D eigenvalue weighted by atomic mass is 10.2. The average molecular weight is 236 g/mol. The van der Waals surface area contributed by atoms with Gasteiger partial charge in [0.15, 0.2) is 0 Å². The minimum Gasteiger partial charge on any atom is -0.355 e. The van der Waals surface area contributed by atoms with Crippen molar-refractivity contribution in [1.29, 1.82) is 0 Å². The highest BCUT2D eigenvalue weighted by molar-refractivity contribution is 9.10. The molecule has 0 aromatic carbocycles. The predicted octanol–water partition coefficient (Wildman–Crippen LogP) is 2.47. The summed E-state index contributed by atoms with van der Waals surface area (Å²) in [5.41, 5.74) is 0. The molecule has 0 radical (unpaired) electrons. The number of carbonyl (C=O) groups excluding carboxylic acids is 1. The zero-order chi connectivity index (χ0) is 9.40. The van der Waals surface area contributed by atoms with E-state index in [2.05, 4.69) is 28.2 Å². The quantitative estimate of drug-likeness (QED) is 0.557. The SMILES string of the molecule is CCCCCCNC(=O)[C@@H](C)Br. The van der Waals surface area contributed by atoms with Crippen LogP contribution in [0.2, 0.25) is 0 Å². The first-order chi connectivity index (χ1) is 5.68. The van der Waals surface area contributed by atoms with Crippen molar-refractivity contribution in [3.05, 3.63) is 0 Å². The Morgan fingerprint density at radius 1 is 1.42 bits per heavy atom. The Kier molecular flexibility index (Phi) is 7.56. The maximum Gasteiger partial charge on any atom is 0.233 e. The zero-order valence-electron chi connectivity index (χ0n) is 7.90. The van der Waals surface area contributed by atoms with Crippen molar-refractivity contribution in [2.75, 3.05) is 6.54 Å². The van der Waals surface area contributed by atoms with E-state index in [4.69, 9.17) is 0 Å². The van der Waals surface area contributed by atoms with Gasteiger partial charge in [-0.25, -0.2) is 0 Å². The maximum atomic E-state index is 11.0. The molecule has 3 heteroatoms. The van der Waals surface area contributed by atoms with Crippen LogP contribution >= 0.6 is 15.9 Å². The van der Waals surface area contributed by atoms with E-state index in [0.29, 0.717) is 0 Å². The number of hydrogen-bond acceptors (Lipinski definition) is 1. The molecule has 0 aliphatic heterocycles. The summed E-state index contributed by atoms with van der Waals surface area (Å²) in [6.07, 6.45) is 4.81. The second-order valence-electron chi connectivity index (χ2n) is 2.97. The molecule has 0 bridgehead atoms. The van der Waals surface area contributed by atoms with Crippen LogP contribution in [0.25, 0.3) is 0 Å². The molecule has 12 heavy (non-hydrogen) atoms. The summed E-state index contributed by atoms with van der Waals surface area (Å²) in [5, 5.41) is 2.86. The van der Waals surface area contributed by atoms with Crippen molar-refractivity contribution in [3.8, 4) is 0 Å². The van der Waals surface area contributed by atoms with Crippen LogP contribution in [-0.4, -0.2) is 17.3 Å². The van der Waals surface area contributed by atoms with E-state index < -0.39 is 0 Å². The van der Waals surface area contributed by atoms with Gasteiger partial charge in [0.05, 0.1) is 4.83 Å². The van der Waals surface area contributed by atoms with Gasteiger partial charge in [0.1, 0.15) is 0 Å². The van der Waals surface area contributed by atoms with E-state index >= 15 is 0 Å². The fourth-order valence-electron chi connectivity index (χ4n) is 0.904. The Morgan fingerprint density at radius 3 is 2.58 bits per heavy atom. The molecule has 0 aliphatic rings. The number of carbonyl (C=O) groups is 1. The molecule has 2 nitrogen and oxygen atoms in total. The Bertz CT molecular complexity index is 126. The number of alkyl halides is 1. The predicted molar refractivity (Wildman–Crippen MR) is 55.5 cm³/mol. The molecule has 1 amide bonds. The Labute approximate surface area is 83.2 Å². The second-order valence-corrected chi connectivity index (χ2v) is 4.34. The van der Waals surface area contributed by atoms with Gasteiger partial charge in [-0.3, -0.25) is 4.79 Å².